The van der Waals surface area contributed by atoms with Gasteiger partial charge in [-0.05, 0) is 44.1 Å². The molecule has 0 bridgehead atoms. The van der Waals surface area contributed by atoms with E-state index < -0.39 is 0 Å². The molecule has 20 heavy (non-hydrogen) atoms. The van der Waals surface area contributed by atoms with Crippen molar-refractivity contribution in [2.75, 3.05) is 0 Å². The second kappa shape index (κ2) is 5.66. The summed E-state index contributed by atoms with van der Waals surface area (Å²) in [6, 6.07) is 10.9. The molecule has 0 unspecified atom stereocenters. The van der Waals surface area contributed by atoms with E-state index >= 15 is 0 Å². The van der Waals surface area contributed by atoms with Gasteiger partial charge in [-0.3, -0.25) is 0 Å². The zero-order valence-corrected chi connectivity index (χ0v) is 12.8. The summed E-state index contributed by atoms with van der Waals surface area (Å²) in [6.45, 7) is 2.05. The molecule has 0 spiro atoms. The van der Waals surface area contributed by atoms with Crippen molar-refractivity contribution in [2.24, 2.45) is 5.73 Å². The van der Waals surface area contributed by atoms with Gasteiger partial charge in [0.05, 0.1) is 5.01 Å². The van der Waals surface area contributed by atoms with E-state index in [9.17, 15) is 0 Å². The van der Waals surface area contributed by atoms with E-state index in [-0.39, 0.29) is 5.54 Å². The predicted octanol–water partition coefficient (Wildman–Crippen LogP) is 4.05. The van der Waals surface area contributed by atoms with E-state index in [0.717, 1.165) is 25.0 Å². The van der Waals surface area contributed by atoms with Crippen LogP contribution in [0.3, 0.4) is 0 Å². The van der Waals surface area contributed by atoms with E-state index in [2.05, 4.69) is 47.6 Å². The molecule has 0 aliphatic heterocycles. The number of hydrogen-bond donors (Lipinski definition) is 1. The number of hydrogen-bond acceptors (Lipinski definition) is 3. The fraction of sp³-hybridized carbons (Fsp3) is 0.471. The van der Waals surface area contributed by atoms with Gasteiger partial charge >= 0.3 is 0 Å². The number of nitrogens with two attached hydrogens (primary N) is 1. The lowest BCUT2D eigenvalue weighted by Gasteiger charge is -2.37. The molecule has 2 nitrogen and oxygen atoms in total. The molecule has 106 valence electrons. The maximum Gasteiger partial charge on any atom is 0.0946 e. The van der Waals surface area contributed by atoms with Gasteiger partial charge in [-0.1, -0.05) is 30.3 Å². The van der Waals surface area contributed by atoms with Crippen LogP contribution in [0, 0.1) is 6.92 Å². The summed E-state index contributed by atoms with van der Waals surface area (Å²) in [5, 5.41) is 3.32. The highest BCUT2D eigenvalue weighted by Crippen LogP contribution is 2.38. The molecular formula is C17H22N2S. The standard InChI is InChI=1S/C17H22N2S/c1-13-12-20-16(19-13)11-17(18)9-7-15(8-10-17)14-5-3-2-4-6-14/h2-6,12,15H,7-11,18H2,1H3. The van der Waals surface area contributed by atoms with Crippen LogP contribution in [-0.2, 0) is 6.42 Å². The van der Waals surface area contributed by atoms with Crippen LogP contribution in [0.5, 0.6) is 0 Å². The summed E-state index contributed by atoms with van der Waals surface area (Å²) in [4.78, 5) is 4.57. The zero-order chi connectivity index (χ0) is 14.0. The van der Waals surface area contributed by atoms with Crippen LogP contribution in [0.15, 0.2) is 35.7 Å². The van der Waals surface area contributed by atoms with Gasteiger partial charge < -0.3 is 5.73 Å². The van der Waals surface area contributed by atoms with Crippen molar-refractivity contribution >= 4 is 11.3 Å². The molecule has 3 heteroatoms. The molecule has 1 aromatic heterocycles. The molecule has 1 aliphatic rings. The van der Waals surface area contributed by atoms with Gasteiger partial charge in [0.2, 0.25) is 0 Å². The maximum atomic E-state index is 6.61. The van der Waals surface area contributed by atoms with Crippen LogP contribution in [-0.4, -0.2) is 10.5 Å². The Morgan fingerprint density at radius 2 is 1.95 bits per heavy atom. The highest BCUT2D eigenvalue weighted by molar-refractivity contribution is 7.09. The van der Waals surface area contributed by atoms with Crippen LogP contribution in [0.1, 0.15) is 47.9 Å². The Morgan fingerprint density at radius 1 is 1.25 bits per heavy atom. The van der Waals surface area contributed by atoms with E-state index in [4.69, 9.17) is 5.73 Å². The Hall–Kier alpha value is -1.19. The number of rotatable bonds is 3. The number of aromatic nitrogens is 1. The Kier molecular flexibility index (Phi) is 3.90. The summed E-state index contributed by atoms with van der Waals surface area (Å²) in [5.74, 6) is 0.686. The Morgan fingerprint density at radius 3 is 2.55 bits per heavy atom. The topological polar surface area (TPSA) is 38.9 Å². The number of benzene rings is 1. The Labute approximate surface area is 125 Å². The fourth-order valence-electron chi connectivity index (χ4n) is 3.21. The van der Waals surface area contributed by atoms with E-state index in [1.54, 1.807) is 11.3 Å². The first-order valence-electron chi connectivity index (χ1n) is 7.39. The van der Waals surface area contributed by atoms with Crippen molar-refractivity contribution in [2.45, 2.75) is 50.5 Å². The Bertz CT molecular complexity index is 553. The molecule has 1 aromatic carbocycles. The molecule has 0 atom stereocenters. The van der Waals surface area contributed by atoms with Crippen molar-refractivity contribution in [1.29, 1.82) is 0 Å². The summed E-state index contributed by atoms with van der Waals surface area (Å²) in [6.07, 6.45) is 5.54. The molecule has 1 aliphatic carbocycles. The van der Waals surface area contributed by atoms with Gasteiger partial charge in [0.15, 0.2) is 0 Å². The van der Waals surface area contributed by atoms with Crippen molar-refractivity contribution in [1.82, 2.24) is 4.98 Å². The van der Waals surface area contributed by atoms with Crippen LogP contribution < -0.4 is 5.73 Å². The monoisotopic (exact) mass is 286 g/mol. The van der Waals surface area contributed by atoms with Crippen molar-refractivity contribution in [3.05, 3.63) is 52.0 Å². The van der Waals surface area contributed by atoms with E-state index in [1.165, 1.54) is 23.4 Å². The fourth-order valence-corrected chi connectivity index (χ4v) is 4.14. The molecule has 2 N–H and O–H groups in total. The number of thiazole rings is 1. The average Bonchev–Trinajstić information content (AvgIpc) is 2.85. The summed E-state index contributed by atoms with van der Waals surface area (Å²) >= 11 is 1.75. The molecule has 1 heterocycles. The molecule has 3 rings (SSSR count). The summed E-state index contributed by atoms with van der Waals surface area (Å²) in [7, 11) is 0. The molecule has 0 saturated heterocycles. The quantitative estimate of drug-likeness (QED) is 0.924. The minimum atomic E-state index is -0.0461. The lowest BCUT2D eigenvalue weighted by Crippen LogP contribution is -2.45. The third-order valence-electron chi connectivity index (χ3n) is 4.42. The first-order valence-corrected chi connectivity index (χ1v) is 8.27. The van der Waals surface area contributed by atoms with Gasteiger partial charge in [0.1, 0.15) is 0 Å². The largest absolute Gasteiger partial charge is 0.325 e. The van der Waals surface area contributed by atoms with E-state index in [1.807, 2.05) is 0 Å². The van der Waals surface area contributed by atoms with Gasteiger partial charge in [-0.15, -0.1) is 11.3 Å². The Balaban J connectivity index is 1.62. The summed E-state index contributed by atoms with van der Waals surface area (Å²) < 4.78 is 0. The van der Waals surface area contributed by atoms with Gasteiger partial charge in [0.25, 0.3) is 0 Å². The molecule has 2 aromatic rings. The minimum absolute atomic E-state index is 0.0461. The van der Waals surface area contributed by atoms with Crippen LogP contribution >= 0.6 is 11.3 Å². The SMILES string of the molecule is Cc1csc(CC2(N)CCC(c3ccccc3)CC2)n1. The highest BCUT2D eigenvalue weighted by atomic mass is 32.1. The van der Waals surface area contributed by atoms with Crippen LogP contribution in [0.2, 0.25) is 0 Å². The van der Waals surface area contributed by atoms with Gasteiger partial charge in [-0.25, -0.2) is 4.98 Å². The first-order chi connectivity index (χ1) is 9.65. The number of aryl methyl sites for hydroxylation is 1. The molecular weight excluding hydrogens is 264 g/mol. The lowest BCUT2D eigenvalue weighted by atomic mass is 9.73. The third kappa shape index (κ3) is 3.10. The van der Waals surface area contributed by atoms with Gasteiger partial charge in [-0.2, -0.15) is 0 Å². The third-order valence-corrected chi connectivity index (χ3v) is 5.39. The van der Waals surface area contributed by atoms with Crippen LogP contribution in [0.25, 0.3) is 0 Å². The minimum Gasteiger partial charge on any atom is -0.325 e. The molecule has 0 amide bonds. The zero-order valence-electron chi connectivity index (χ0n) is 12.0. The van der Waals surface area contributed by atoms with Crippen molar-refractivity contribution in [3.63, 3.8) is 0 Å². The average molecular weight is 286 g/mol. The van der Waals surface area contributed by atoms with Gasteiger partial charge in [0, 0.05) is 23.0 Å². The summed E-state index contributed by atoms with van der Waals surface area (Å²) in [5.41, 5.74) is 9.15. The van der Waals surface area contributed by atoms with Crippen LogP contribution in [0.4, 0.5) is 0 Å². The molecule has 0 radical (unpaired) electrons. The molecule has 1 fully saturated rings. The second-order valence-corrected chi connectivity index (χ2v) is 7.05. The second-order valence-electron chi connectivity index (χ2n) is 6.11. The number of nitrogens with zero attached hydrogens (tertiary/aromatic N) is 1. The predicted molar refractivity (Wildman–Crippen MR) is 85.1 cm³/mol. The highest BCUT2D eigenvalue weighted by Gasteiger charge is 2.33. The lowest BCUT2D eigenvalue weighted by molar-refractivity contribution is 0.270. The van der Waals surface area contributed by atoms with E-state index in [0.29, 0.717) is 5.92 Å². The first kappa shape index (κ1) is 13.8. The van der Waals surface area contributed by atoms with Crippen molar-refractivity contribution in [3.8, 4) is 0 Å². The smallest absolute Gasteiger partial charge is 0.0946 e. The maximum absolute atomic E-state index is 6.61. The normalized spacial score (nSPS) is 26.6. The van der Waals surface area contributed by atoms with Crippen molar-refractivity contribution < 1.29 is 0 Å². The molecule has 1 saturated carbocycles.